The number of anilines is 1. The highest BCUT2D eigenvalue weighted by atomic mass is 16.5. The van der Waals surface area contributed by atoms with Crippen molar-refractivity contribution in [3.05, 3.63) is 18.3 Å². The zero-order valence-electron chi connectivity index (χ0n) is 13.5. The summed E-state index contributed by atoms with van der Waals surface area (Å²) in [5.41, 5.74) is 0. The number of pyridine rings is 1. The summed E-state index contributed by atoms with van der Waals surface area (Å²) in [6.45, 7) is 8.58. The minimum absolute atomic E-state index is 0.742. The van der Waals surface area contributed by atoms with E-state index in [2.05, 4.69) is 29.0 Å². The number of nitrogens with zero attached hydrogens (tertiary/aromatic N) is 2. The van der Waals surface area contributed by atoms with Gasteiger partial charge in [-0.3, -0.25) is 0 Å². The van der Waals surface area contributed by atoms with Gasteiger partial charge in [-0.05, 0) is 51.3 Å². The minimum Gasteiger partial charge on any atom is -0.490 e. The van der Waals surface area contributed by atoms with Crippen LogP contribution in [0.2, 0.25) is 0 Å². The Kier molecular flexibility index (Phi) is 6.80. The summed E-state index contributed by atoms with van der Waals surface area (Å²) >= 11 is 0. The third-order valence-electron chi connectivity index (χ3n) is 4.09. The Bertz CT molecular complexity index is 411. The number of aromatic nitrogens is 1. The molecule has 4 nitrogen and oxygen atoms in total. The molecule has 1 atom stereocenters. The van der Waals surface area contributed by atoms with Gasteiger partial charge in [-0.1, -0.05) is 13.3 Å². The summed E-state index contributed by atoms with van der Waals surface area (Å²) in [4.78, 5) is 6.99. The van der Waals surface area contributed by atoms with E-state index in [0.29, 0.717) is 0 Å². The molecule has 0 aromatic carbocycles. The normalized spacial score (nSPS) is 19.4. The van der Waals surface area contributed by atoms with E-state index in [1.54, 1.807) is 0 Å². The summed E-state index contributed by atoms with van der Waals surface area (Å²) in [6.07, 6.45) is 8.07. The predicted octanol–water partition coefficient (Wildman–Crippen LogP) is 3.55. The molecule has 1 unspecified atom stereocenters. The lowest BCUT2D eigenvalue weighted by Gasteiger charge is -2.33. The first-order chi connectivity index (χ1) is 10.3. The van der Waals surface area contributed by atoms with Gasteiger partial charge < -0.3 is 15.0 Å². The molecule has 2 rings (SSSR count). The number of piperidine rings is 1. The number of hydrogen-bond acceptors (Lipinski definition) is 4. The molecule has 0 amide bonds. The average molecular weight is 291 g/mol. The number of nitrogens with one attached hydrogen (secondary N) is 1. The molecule has 2 heterocycles. The molecule has 0 spiro atoms. The predicted molar refractivity (Wildman–Crippen MR) is 88.0 cm³/mol. The fourth-order valence-corrected chi connectivity index (χ4v) is 2.83. The van der Waals surface area contributed by atoms with Crippen LogP contribution in [0.1, 0.15) is 46.0 Å². The largest absolute Gasteiger partial charge is 0.490 e. The molecule has 0 bridgehead atoms. The maximum absolute atomic E-state index is 5.71. The van der Waals surface area contributed by atoms with Crippen molar-refractivity contribution >= 4 is 5.82 Å². The Morgan fingerprint density at radius 1 is 1.43 bits per heavy atom. The van der Waals surface area contributed by atoms with Gasteiger partial charge in [0, 0.05) is 25.3 Å². The summed E-state index contributed by atoms with van der Waals surface area (Å²) in [5.74, 6) is 1.74. The van der Waals surface area contributed by atoms with Gasteiger partial charge >= 0.3 is 0 Å². The molecule has 0 aliphatic carbocycles. The van der Waals surface area contributed by atoms with Gasteiger partial charge in [-0.25, -0.2) is 4.98 Å². The average Bonchev–Trinajstić information content (AvgIpc) is 2.52. The molecule has 1 aliphatic rings. The maximum Gasteiger partial charge on any atom is 0.168 e. The lowest BCUT2D eigenvalue weighted by molar-refractivity contribution is 0.160. The second kappa shape index (κ2) is 8.88. The topological polar surface area (TPSA) is 37.4 Å². The lowest BCUT2D eigenvalue weighted by Crippen LogP contribution is -2.38. The highest BCUT2D eigenvalue weighted by Gasteiger charge is 2.17. The third kappa shape index (κ3) is 5.20. The van der Waals surface area contributed by atoms with Crippen LogP contribution in [0.15, 0.2) is 18.3 Å². The molecule has 1 aliphatic heterocycles. The van der Waals surface area contributed by atoms with Crippen molar-refractivity contribution in [2.24, 2.45) is 0 Å². The zero-order valence-corrected chi connectivity index (χ0v) is 13.5. The Hall–Kier alpha value is -1.29. The summed E-state index contributed by atoms with van der Waals surface area (Å²) in [6, 6.07) is 4.65. The number of ether oxygens (including phenoxy) is 1. The van der Waals surface area contributed by atoms with Gasteiger partial charge in [-0.2, -0.15) is 0 Å². The highest BCUT2D eigenvalue weighted by molar-refractivity contribution is 5.49. The Morgan fingerprint density at radius 2 is 2.33 bits per heavy atom. The van der Waals surface area contributed by atoms with E-state index in [4.69, 9.17) is 4.74 Å². The van der Waals surface area contributed by atoms with E-state index in [1.165, 1.54) is 32.4 Å². The highest BCUT2D eigenvalue weighted by Crippen LogP contribution is 2.21. The van der Waals surface area contributed by atoms with Crippen LogP contribution in [-0.4, -0.2) is 42.2 Å². The summed E-state index contributed by atoms with van der Waals surface area (Å²) in [5, 5.41) is 3.41. The molecule has 4 heteroatoms. The van der Waals surface area contributed by atoms with E-state index in [9.17, 15) is 0 Å². The first-order valence-corrected chi connectivity index (χ1v) is 8.37. The van der Waals surface area contributed by atoms with E-state index in [-0.39, 0.29) is 0 Å². The number of rotatable bonds is 8. The van der Waals surface area contributed by atoms with Gasteiger partial charge in [0.15, 0.2) is 11.6 Å². The molecular formula is C17H29N3O. The van der Waals surface area contributed by atoms with E-state index in [0.717, 1.165) is 43.6 Å². The minimum atomic E-state index is 0.742. The van der Waals surface area contributed by atoms with Crippen LogP contribution < -0.4 is 10.1 Å². The van der Waals surface area contributed by atoms with Crippen molar-refractivity contribution in [2.45, 2.75) is 52.0 Å². The van der Waals surface area contributed by atoms with Crippen molar-refractivity contribution in [2.75, 3.05) is 31.6 Å². The quantitative estimate of drug-likeness (QED) is 0.743. The molecule has 0 saturated carbocycles. The van der Waals surface area contributed by atoms with Gasteiger partial charge in [0.2, 0.25) is 0 Å². The van der Waals surface area contributed by atoms with Crippen LogP contribution in [-0.2, 0) is 0 Å². The van der Waals surface area contributed by atoms with Gasteiger partial charge in [0.25, 0.3) is 0 Å². The van der Waals surface area contributed by atoms with Crippen LogP contribution in [0.5, 0.6) is 5.75 Å². The summed E-state index contributed by atoms with van der Waals surface area (Å²) < 4.78 is 5.71. The smallest absolute Gasteiger partial charge is 0.168 e. The van der Waals surface area contributed by atoms with Crippen molar-refractivity contribution in [1.82, 2.24) is 9.88 Å². The standard InChI is InChI=1S/C17H29N3O/c1-3-14-21-16-9-6-10-18-17(16)19-11-7-13-20-12-5-4-8-15(20)2/h6,9-10,15H,3-5,7-8,11-14H2,1-2H3,(H,18,19). The molecule has 21 heavy (non-hydrogen) atoms. The molecule has 1 N–H and O–H groups in total. The lowest BCUT2D eigenvalue weighted by atomic mass is 10.0. The monoisotopic (exact) mass is 291 g/mol. The Labute approximate surface area is 128 Å². The van der Waals surface area contributed by atoms with Gasteiger partial charge in [-0.15, -0.1) is 0 Å². The third-order valence-corrected chi connectivity index (χ3v) is 4.09. The van der Waals surface area contributed by atoms with E-state index in [1.807, 2.05) is 18.3 Å². The molecule has 1 aromatic heterocycles. The number of likely N-dealkylation sites (tertiary alicyclic amines) is 1. The van der Waals surface area contributed by atoms with Crippen LogP contribution in [0, 0.1) is 0 Å². The van der Waals surface area contributed by atoms with Gasteiger partial charge in [0.1, 0.15) is 0 Å². The van der Waals surface area contributed by atoms with Gasteiger partial charge in [0.05, 0.1) is 6.61 Å². The second-order valence-corrected chi connectivity index (χ2v) is 5.86. The zero-order chi connectivity index (χ0) is 14.9. The molecule has 0 radical (unpaired) electrons. The number of hydrogen-bond donors (Lipinski definition) is 1. The maximum atomic E-state index is 5.71. The SMILES string of the molecule is CCCOc1cccnc1NCCCN1CCCCC1C. The first-order valence-electron chi connectivity index (χ1n) is 8.37. The summed E-state index contributed by atoms with van der Waals surface area (Å²) in [7, 11) is 0. The van der Waals surface area contributed by atoms with Crippen molar-refractivity contribution < 1.29 is 4.74 Å². The van der Waals surface area contributed by atoms with Crippen molar-refractivity contribution in [3.63, 3.8) is 0 Å². The molecular weight excluding hydrogens is 262 g/mol. The molecule has 118 valence electrons. The van der Waals surface area contributed by atoms with Crippen LogP contribution >= 0.6 is 0 Å². The van der Waals surface area contributed by atoms with Crippen LogP contribution in [0.4, 0.5) is 5.82 Å². The Balaban J connectivity index is 1.73. The second-order valence-electron chi connectivity index (χ2n) is 5.86. The van der Waals surface area contributed by atoms with Crippen LogP contribution in [0.3, 0.4) is 0 Å². The molecule has 1 fully saturated rings. The van der Waals surface area contributed by atoms with E-state index >= 15 is 0 Å². The van der Waals surface area contributed by atoms with Crippen LogP contribution in [0.25, 0.3) is 0 Å². The molecule has 1 saturated heterocycles. The fourth-order valence-electron chi connectivity index (χ4n) is 2.83. The fraction of sp³-hybridized carbons (Fsp3) is 0.706. The van der Waals surface area contributed by atoms with Crippen molar-refractivity contribution in [3.8, 4) is 5.75 Å². The van der Waals surface area contributed by atoms with E-state index < -0.39 is 0 Å². The Morgan fingerprint density at radius 3 is 3.14 bits per heavy atom. The first kappa shape index (κ1) is 16.1. The van der Waals surface area contributed by atoms with Crippen molar-refractivity contribution in [1.29, 1.82) is 0 Å². The molecule has 1 aromatic rings.